The smallest absolute Gasteiger partial charge is 0.450 e. The molecule has 0 unspecified atom stereocenters. The Bertz CT molecular complexity index is 709. The molecule has 3 nitrogen and oxygen atoms in total. The number of nitrogens with one attached hydrogen (secondary N) is 1. The van der Waals surface area contributed by atoms with Gasteiger partial charge in [-0.2, -0.15) is 13.2 Å². The number of hydrogen-bond acceptors (Lipinski definition) is 3. The van der Waals surface area contributed by atoms with Crippen LogP contribution in [0.4, 0.5) is 18.9 Å². The highest BCUT2D eigenvalue weighted by molar-refractivity contribution is 8.04. The molecule has 1 aliphatic rings. The summed E-state index contributed by atoms with van der Waals surface area (Å²) in [4.78, 5) is 12.0. The largest absolute Gasteiger partial charge is 0.487 e. The van der Waals surface area contributed by atoms with Gasteiger partial charge in [0.2, 0.25) is 5.76 Å². The predicted molar refractivity (Wildman–Crippen MR) is 95.1 cm³/mol. The number of halogens is 3. The minimum absolute atomic E-state index is 0.0664. The molecule has 0 bridgehead atoms. The number of benzene rings is 1. The summed E-state index contributed by atoms with van der Waals surface area (Å²) in [6.45, 7) is 5.90. The van der Waals surface area contributed by atoms with E-state index in [0.717, 1.165) is 22.9 Å². The fourth-order valence-electron chi connectivity index (χ4n) is 2.50. The van der Waals surface area contributed by atoms with Gasteiger partial charge in [-0.1, -0.05) is 38.1 Å². The number of para-hydroxylation sites is 1. The third-order valence-electron chi connectivity index (χ3n) is 3.43. The molecular weight excluding hydrogens is 351 g/mol. The lowest BCUT2D eigenvalue weighted by Crippen LogP contribution is -2.26. The van der Waals surface area contributed by atoms with Gasteiger partial charge in [0.15, 0.2) is 0 Å². The van der Waals surface area contributed by atoms with Crippen LogP contribution in [0, 0.1) is 5.92 Å². The zero-order valence-electron chi connectivity index (χ0n) is 14.2. The van der Waals surface area contributed by atoms with Crippen LogP contribution in [-0.4, -0.2) is 24.4 Å². The van der Waals surface area contributed by atoms with Gasteiger partial charge in [0.05, 0.1) is 6.61 Å². The number of alkyl halides is 3. The molecule has 1 heterocycles. The summed E-state index contributed by atoms with van der Waals surface area (Å²) >= 11 is 0.858. The minimum Gasteiger partial charge on any atom is -0.487 e. The summed E-state index contributed by atoms with van der Waals surface area (Å²) in [6, 6.07) is 7.05. The van der Waals surface area contributed by atoms with Crippen molar-refractivity contribution in [2.45, 2.75) is 26.9 Å². The first-order chi connectivity index (χ1) is 11.7. The molecule has 7 heteroatoms. The van der Waals surface area contributed by atoms with Crippen molar-refractivity contribution in [2.24, 2.45) is 5.92 Å². The molecule has 2 rings (SSSR count). The molecule has 1 amide bonds. The highest BCUT2D eigenvalue weighted by Gasteiger charge is 2.42. The third-order valence-corrected chi connectivity index (χ3v) is 4.46. The monoisotopic (exact) mass is 371 g/mol. The topological polar surface area (TPSA) is 38.3 Å². The van der Waals surface area contributed by atoms with Gasteiger partial charge in [-0.15, -0.1) is 11.8 Å². The van der Waals surface area contributed by atoms with Crippen molar-refractivity contribution in [3.63, 3.8) is 0 Å². The Hall–Kier alpha value is -1.89. The Morgan fingerprint density at radius 1 is 1.32 bits per heavy atom. The van der Waals surface area contributed by atoms with Gasteiger partial charge in [-0.05, 0) is 24.5 Å². The fourth-order valence-corrected chi connectivity index (χ4v) is 3.36. The summed E-state index contributed by atoms with van der Waals surface area (Å²) in [7, 11) is 0. The van der Waals surface area contributed by atoms with E-state index in [1.165, 1.54) is 0 Å². The zero-order chi connectivity index (χ0) is 18.6. The Balaban J connectivity index is 2.34. The summed E-state index contributed by atoms with van der Waals surface area (Å²) in [5, 5.41) is 2.60. The van der Waals surface area contributed by atoms with Crippen LogP contribution in [0.3, 0.4) is 0 Å². The van der Waals surface area contributed by atoms with Gasteiger partial charge < -0.3 is 10.1 Å². The molecule has 0 radical (unpaired) electrons. The molecule has 0 aliphatic carbocycles. The average molecular weight is 371 g/mol. The normalized spacial score (nSPS) is 16.0. The first kappa shape index (κ1) is 19.4. The van der Waals surface area contributed by atoms with E-state index in [1.54, 1.807) is 12.1 Å². The highest BCUT2D eigenvalue weighted by Crippen LogP contribution is 2.37. The molecule has 136 valence electrons. The van der Waals surface area contributed by atoms with Crippen molar-refractivity contribution in [1.82, 2.24) is 0 Å². The maximum atomic E-state index is 13.1. The fraction of sp³-hybridized carbons (Fsp3) is 0.389. The molecular formula is C18H20F3NO2S. The number of ether oxygens (including phenoxy) is 1. The second-order valence-electron chi connectivity index (χ2n) is 5.95. The van der Waals surface area contributed by atoms with Gasteiger partial charge in [0, 0.05) is 17.0 Å². The lowest BCUT2D eigenvalue weighted by Gasteiger charge is -2.22. The van der Waals surface area contributed by atoms with Crippen LogP contribution >= 0.6 is 11.8 Å². The number of anilines is 1. The van der Waals surface area contributed by atoms with E-state index < -0.39 is 22.7 Å². The number of hydrogen-bond donors (Lipinski definition) is 1. The molecule has 0 saturated heterocycles. The number of thioether (sulfide) groups is 1. The lowest BCUT2D eigenvalue weighted by atomic mass is 10.0. The van der Waals surface area contributed by atoms with E-state index in [0.29, 0.717) is 17.4 Å². The van der Waals surface area contributed by atoms with Crippen LogP contribution < -0.4 is 5.32 Å². The van der Waals surface area contributed by atoms with E-state index in [-0.39, 0.29) is 6.61 Å². The van der Waals surface area contributed by atoms with Gasteiger partial charge in [-0.3, -0.25) is 4.79 Å². The number of rotatable bonds is 4. The molecule has 0 atom stereocenters. The van der Waals surface area contributed by atoms with E-state index >= 15 is 0 Å². The Morgan fingerprint density at radius 2 is 2.00 bits per heavy atom. The second kappa shape index (κ2) is 7.99. The van der Waals surface area contributed by atoms with Crippen LogP contribution in [0.15, 0.2) is 41.0 Å². The van der Waals surface area contributed by atoms with Gasteiger partial charge in [0.1, 0.15) is 4.91 Å². The Labute approximate surface area is 149 Å². The first-order valence-corrected chi connectivity index (χ1v) is 8.85. The number of carbonyl (C=O) groups excluding carboxylic acids is 1. The molecule has 1 aromatic carbocycles. The maximum absolute atomic E-state index is 13.1. The molecule has 0 fully saturated rings. The van der Waals surface area contributed by atoms with Crippen molar-refractivity contribution in [1.29, 1.82) is 0 Å². The standard InChI is InChI=1S/C18H20F3NO2S/c1-11(2)10-12(3)13-6-4-5-7-14(13)22-17(23)15-16(18(19,20)21)24-8-9-25-15/h4-7,10-11H,8-9H2,1-3H3,(H,22,23)/b12-10+. The van der Waals surface area contributed by atoms with E-state index in [2.05, 4.69) is 5.32 Å². The van der Waals surface area contributed by atoms with Crippen LogP contribution in [0.25, 0.3) is 5.57 Å². The molecule has 0 aromatic heterocycles. The molecule has 1 aliphatic heterocycles. The Morgan fingerprint density at radius 3 is 2.64 bits per heavy atom. The van der Waals surface area contributed by atoms with E-state index in [1.807, 2.05) is 39.0 Å². The van der Waals surface area contributed by atoms with E-state index in [9.17, 15) is 18.0 Å². The number of carbonyl (C=O) groups is 1. The summed E-state index contributed by atoms with van der Waals surface area (Å²) in [6.07, 6.45) is -2.66. The van der Waals surface area contributed by atoms with Gasteiger partial charge in [-0.25, -0.2) is 0 Å². The van der Waals surface area contributed by atoms with Crippen LogP contribution in [0.2, 0.25) is 0 Å². The van der Waals surface area contributed by atoms with Gasteiger partial charge >= 0.3 is 6.18 Å². The third kappa shape index (κ3) is 5.04. The van der Waals surface area contributed by atoms with Crippen molar-refractivity contribution >= 4 is 28.9 Å². The second-order valence-corrected chi connectivity index (χ2v) is 7.05. The zero-order valence-corrected chi connectivity index (χ0v) is 15.1. The lowest BCUT2D eigenvalue weighted by molar-refractivity contribution is -0.133. The van der Waals surface area contributed by atoms with Crippen molar-refractivity contribution in [3.8, 4) is 0 Å². The van der Waals surface area contributed by atoms with Crippen molar-refractivity contribution in [3.05, 3.63) is 46.6 Å². The van der Waals surface area contributed by atoms with Crippen LogP contribution in [0.1, 0.15) is 26.3 Å². The summed E-state index contributed by atoms with van der Waals surface area (Å²) < 4.78 is 43.9. The van der Waals surface area contributed by atoms with E-state index in [4.69, 9.17) is 4.74 Å². The molecule has 25 heavy (non-hydrogen) atoms. The SMILES string of the molecule is C/C(=C\C(C)C)c1ccccc1NC(=O)C1=C(C(F)(F)F)OCCS1. The molecule has 0 spiro atoms. The quantitative estimate of drug-likeness (QED) is 0.788. The molecule has 0 saturated carbocycles. The number of allylic oxidation sites excluding steroid dienone is 3. The number of amides is 1. The maximum Gasteiger partial charge on any atom is 0.450 e. The summed E-state index contributed by atoms with van der Waals surface area (Å²) in [5.74, 6) is -1.41. The molecule has 1 aromatic rings. The van der Waals surface area contributed by atoms with Gasteiger partial charge in [0.25, 0.3) is 5.91 Å². The molecule has 1 N–H and O–H groups in total. The average Bonchev–Trinajstić information content (AvgIpc) is 2.54. The summed E-state index contributed by atoms with van der Waals surface area (Å²) in [5.41, 5.74) is 2.20. The minimum atomic E-state index is -4.69. The van der Waals surface area contributed by atoms with Crippen molar-refractivity contribution in [2.75, 3.05) is 17.7 Å². The van der Waals surface area contributed by atoms with Crippen molar-refractivity contribution < 1.29 is 22.7 Å². The van der Waals surface area contributed by atoms with Crippen LogP contribution in [-0.2, 0) is 9.53 Å². The first-order valence-electron chi connectivity index (χ1n) is 7.86. The Kier molecular flexibility index (Phi) is 6.21. The highest BCUT2D eigenvalue weighted by atomic mass is 32.2. The predicted octanol–water partition coefficient (Wildman–Crippen LogP) is 5.22. The van der Waals surface area contributed by atoms with Crippen LogP contribution in [0.5, 0.6) is 0 Å².